The van der Waals surface area contributed by atoms with Gasteiger partial charge in [-0.3, -0.25) is 0 Å². The van der Waals surface area contributed by atoms with Crippen molar-refractivity contribution in [2.75, 3.05) is 0 Å². The first kappa shape index (κ1) is 40.5. The van der Waals surface area contributed by atoms with Gasteiger partial charge < -0.3 is 14.4 Å². The van der Waals surface area contributed by atoms with E-state index in [9.17, 15) is 0 Å². The monoisotopic (exact) mass is 919 g/mol. The fraction of sp³-hybridized carbons (Fsp3) is 0.320. The molecular formula is C50H54IrN2OSi-2. The number of nitrogens with zero attached hydrogens (tertiary/aromatic N) is 2. The molecule has 8 rings (SSSR count). The van der Waals surface area contributed by atoms with E-state index >= 15 is 0 Å². The Morgan fingerprint density at radius 2 is 1.44 bits per heavy atom. The molecule has 0 atom stereocenters. The molecule has 7 aromatic rings. The molecule has 3 heterocycles. The predicted molar refractivity (Wildman–Crippen MR) is 231 cm³/mol. The van der Waals surface area contributed by atoms with Crippen LogP contribution in [0.2, 0.25) is 19.6 Å². The Kier molecular flexibility index (Phi) is 12.8. The summed E-state index contributed by atoms with van der Waals surface area (Å²) < 4.78 is 6.16. The molecule has 0 unspecified atom stereocenters. The van der Waals surface area contributed by atoms with Gasteiger partial charge in [0, 0.05) is 32.5 Å². The third-order valence-electron chi connectivity index (χ3n) is 10.7. The van der Waals surface area contributed by atoms with E-state index in [1.54, 1.807) is 10.8 Å². The largest absolute Gasteiger partial charge is 0.477 e. The summed E-state index contributed by atoms with van der Waals surface area (Å²) >= 11 is 0. The molecule has 5 heteroatoms. The second-order valence-corrected chi connectivity index (χ2v) is 22.5. The Morgan fingerprint density at radius 1 is 0.727 bits per heavy atom. The van der Waals surface area contributed by atoms with E-state index in [2.05, 4.69) is 150 Å². The minimum Gasteiger partial charge on any atom is -0.477 e. The van der Waals surface area contributed by atoms with Crippen molar-refractivity contribution in [3.63, 3.8) is 0 Å². The molecule has 1 radical (unpaired) electrons. The number of hydrogen-bond donors (Lipinski definition) is 0. The summed E-state index contributed by atoms with van der Waals surface area (Å²) in [5.41, 5.74) is 12.5. The van der Waals surface area contributed by atoms with Crippen LogP contribution in [0.3, 0.4) is 0 Å². The van der Waals surface area contributed by atoms with Crippen molar-refractivity contribution in [1.29, 1.82) is 0 Å². The zero-order chi connectivity index (χ0) is 37.9. The van der Waals surface area contributed by atoms with Crippen molar-refractivity contribution in [2.45, 2.75) is 92.3 Å². The Bertz CT molecular complexity index is 2350. The van der Waals surface area contributed by atoms with Crippen molar-refractivity contribution < 1.29 is 24.5 Å². The quantitative estimate of drug-likeness (QED) is 0.118. The van der Waals surface area contributed by atoms with Crippen LogP contribution in [-0.2, 0) is 32.9 Å². The van der Waals surface area contributed by atoms with Gasteiger partial charge in [0.15, 0.2) is 0 Å². The molecule has 0 spiro atoms. The van der Waals surface area contributed by atoms with Crippen LogP contribution >= 0.6 is 0 Å². The molecule has 1 aliphatic carbocycles. The van der Waals surface area contributed by atoms with E-state index < -0.39 is 8.07 Å². The fourth-order valence-corrected chi connectivity index (χ4v) is 9.47. The smallest absolute Gasteiger partial charge is 0.123 e. The Labute approximate surface area is 343 Å². The van der Waals surface area contributed by atoms with Gasteiger partial charge in [0.05, 0.1) is 13.7 Å². The zero-order valence-corrected chi connectivity index (χ0v) is 37.0. The summed E-state index contributed by atoms with van der Waals surface area (Å²) in [7, 11) is -1.36. The molecule has 1 saturated carbocycles. The maximum atomic E-state index is 6.16. The minimum absolute atomic E-state index is 0. The van der Waals surface area contributed by atoms with Crippen LogP contribution in [0.5, 0.6) is 0 Å². The molecule has 0 bridgehead atoms. The van der Waals surface area contributed by atoms with Gasteiger partial charge in [-0.25, -0.2) is 0 Å². The summed E-state index contributed by atoms with van der Waals surface area (Å²) in [5, 5.41) is 3.74. The van der Waals surface area contributed by atoms with Gasteiger partial charge in [-0.15, -0.1) is 53.6 Å². The van der Waals surface area contributed by atoms with Gasteiger partial charge in [0.2, 0.25) is 0 Å². The van der Waals surface area contributed by atoms with E-state index in [1.165, 1.54) is 60.8 Å². The van der Waals surface area contributed by atoms with E-state index in [1.807, 2.05) is 24.4 Å². The number of furan rings is 1. The number of hydrogen-bond acceptors (Lipinski definition) is 3. The second kappa shape index (κ2) is 17.3. The van der Waals surface area contributed by atoms with Gasteiger partial charge in [0.1, 0.15) is 5.58 Å². The molecule has 3 nitrogen and oxygen atoms in total. The van der Waals surface area contributed by atoms with Gasteiger partial charge in [-0.05, 0) is 75.8 Å². The molecule has 55 heavy (non-hydrogen) atoms. The van der Waals surface area contributed by atoms with Crippen LogP contribution in [0, 0.1) is 30.4 Å². The summed E-state index contributed by atoms with van der Waals surface area (Å²) in [4.78, 5) is 9.45. The topological polar surface area (TPSA) is 38.9 Å². The summed E-state index contributed by atoms with van der Waals surface area (Å²) in [6.45, 7) is 16.2. The average molecular weight is 919 g/mol. The van der Waals surface area contributed by atoms with Crippen LogP contribution in [-0.4, -0.2) is 18.0 Å². The maximum absolute atomic E-state index is 6.16. The van der Waals surface area contributed by atoms with Crippen LogP contribution in [0.15, 0.2) is 114 Å². The second-order valence-electron chi connectivity index (χ2n) is 17.5. The first-order valence-electron chi connectivity index (χ1n) is 19.8. The van der Waals surface area contributed by atoms with E-state index in [4.69, 9.17) is 9.40 Å². The number of benzene rings is 4. The molecule has 4 aromatic carbocycles. The maximum Gasteiger partial charge on any atom is 0.123 e. The first-order valence-corrected chi connectivity index (χ1v) is 23.3. The van der Waals surface area contributed by atoms with Crippen LogP contribution in [0.25, 0.3) is 55.6 Å². The first-order chi connectivity index (χ1) is 25.9. The Hall–Kier alpha value is -4.15. The van der Waals surface area contributed by atoms with E-state index in [-0.39, 0.29) is 25.5 Å². The van der Waals surface area contributed by atoms with Crippen molar-refractivity contribution in [3.05, 3.63) is 138 Å². The van der Waals surface area contributed by atoms with Crippen molar-refractivity contribution in [2.24, 2.45) is 11.3 Å². The van der Waals surface area contributed by atoms with Crippen molar-refractivity contribution in [3.8, 4) is 33.6 Å². The summed E-state index contributed by atoms with van der Waals surface area (Å²) in [6, 6.07) is 40.6. The number of aromatic nitrogens is 2. The predicted octanol–water partition coefficient (Wildman–Crippen LogP) is 13.2. The van der Waals surface area contributed by atoms with E-state index in [0.29, 0.717) is 0 Å². The molecule has 1 fully saturated rings. The molecule has 0 amide bonds. The third-order valence-corrected chi connectivity index (χ3v) is 12.8. The molecule has 0 aliphatic heterocycles. The standard InChI is InChI=1S/C29H26NO.C21H28NSi.Ir/c1-19-18-30-26(15-23(19)17-29(2,3)4)22-10-12-24-25-14-21(20-8-6-5-7-9-20)11-13-27(25)31-28(24)16-22;1-23(2,3)21-16-22-20(18-12-8-5-9-13-18)15-19(21)14-17-10-6-4-7-11-17;/h5-15,18H,17H2,1-4H3;5,8-9,12,15-17H,4,6-7,10-11,14H2,1-3H3;/q2*-1;. The van der Waals surface area contributed by atoms with Gasteiger partial charge >= 0.3 is 0 Å². The average Bonchev–Trinajstić information content (AvgIpc) is 3.53. The van der Waals surface area contributed by atoms with E-state index in [0.717, 1.165) is 56.8 Å². The van der Waals surface area contributed by atoms with Crippen LogP contribution in [0.1, 0.15) is 69.6 Å². The SMILES string of the molecule is C[Si](C)(C)c1cnc(-c2[c-]cccc2)cc1CC1CCCCC1.Cc1cnc(-c2[c-]c3oc4ccc(-c5ccccc5)cc4c3cc2)cc1CC(C)(C)C.[Ir]. The van der Waals surface area contributed by atoms with Gasteiger partial charge in [-0.2, -0.15) is 0 Å². The third kappa shape index (κ3) is 10.00. The Balaban J connectivity index is 0.000000192. The number of fused-ring (bicyclic) bond motifs is 3. The summed E-state index contributed by atoms with van der Waals surface area (Å²) in [5.74, 6) is 0.869. The van der Waals surface area contributed by atoms with Gasteiger partial charge in [-0.1, -0.05) is 150 Å². The van der Waals surface area contributed by atoms with Crippen LogP contribution in [0.4, 0.5) is 0 Å². The van der Waals surface area contributed by atoms with Crippen molar-refractivity contribution in [1.82, 2.24) is 9.97 Å². The molecule has 1 aliphatic rings. The molecule has 0 saturated heterocycles. The Morgan fingerprint density at radius 3 is 2.15 bits per heavy atom. The van der Waals surface area contributed by atoms with Crippen molar-refractivity contribution >= 4 is 35.2 Å². The molecular weight excluding hydrogens is 865 g/mol. The van der Waals surface area contributed by atoms with Crippen LogP contribution < -0.4 is 5.19 Å². The molecule has 3 aromatic heterocycles. The molecule has 285 valence electrons. The number of rotatable bonds is 7. The normalized spacial score (nSPS) is 13.7. The molecule has 0 N–H and O–H groups in total. The number of pyridine rings is 2. The zero-order valence-electron chi connectivity index (χ0n) is 33.6. The van der Waals surface area contributed by atoms with Gasteiger partial charge in [0.25, 0.3) is 0 Å². The number of aryl methyl sites for hydroxylation is 1. The minimum atomic E-state index is -1.36. The summed E-state index contributed by atoms with van der Waals surface area (Å²) in [6.07, 6.45) is 13.5. The fourth-order valence-electron chi connectivity index (χ4n) is 7.88.